The first-order chi connectivity index (χ1) is 18.1. The van der Waals surface area contributed by atoms with Crippen molar-refractivity contribution in [3.63, 3.8) is 0 Å². The molecule has 2 aliphatic rings. The Balaban J connectivity index is 1.62. The molecule has 1 fully saturated rings. The van der Waals surface area contributed by atoms with E-state index in [-0.39, 0.29) is 24.5 Å². The molecule has 1 aliphatic carbocycles. The molecule has 0 radical (unpaired) electrons. The van der Waals surface area contributed by atoms with Gasteiger partial charge in [0.25, 0.3) is 5.91 Å². The molecular formula is C28H30N2O7. The number of furan rings is 1. The van der Waals surface area contributed by atoms with Gasteiger partial charge in [-0.3, -0.25) is 14.5 Å². The lowest BCUT2D eigenvalue weighted by molar-refractivity contribution is -0.123. The van der Waals surface area contributed by atoms with Crippen LogP contribution in [0.1, 0.15) is 54.3 Å². The summed E-state index contributed by atoms with van der Waals surface area (Å²) in [5, 5.41) is 3.19. The van der Waals surface area contributed by atoms with E-state index in [0.717, 1.165) is 32.1 Å². The number of hydrogen-bond acceptors (Lipinski definition) is 7. The van der Waals surface area contributed by atoms with Crippen molar-refractivity contribution in [2.24, 2.45) is 0 Å². The minimum absolute atomic E-state index is 0.0428. The number of amides is 2. The largest absolute Gasteiger partial charge is 0.493 e. The molecule has 194 valence electrons. The van der Waals surface area contributed by atoms with Crippen LogP contribution in [0.5, 0.6) is 23.0 Å². The second kappa shape index (κ2) is 10.9. The van der Waals surface area contributed by atoms with Crippen LogP contribution in [0.25, 0.3) is 0 Å². The highest BCUT2D eigenvalue weighted by Crippen LogP contribution is 2.40. The lowest BCUT2D eigenvalue weighted by atomic mass is 9.94. The van der Waals surface area contributed by atoms with Crippen molar-refractivity contribution in [2.45, 2.75) is 44.2 Å². The van der Waals surface area contributed by atoms with Gasteiger partial charge in [0.15, 0.2) is 28.8 Å². The lowest BCUT2D eigenvalue weighted by Gasteiger charge is -2.33. The van der Waals surface area contributed by atoms with E-state index in [0.29, 0.717) is 34.2 Å². The molecule has 3 aromatic rings. The average molecular weight is 507 g/mol. The number of fused-ring (bicyclic) bond motifs is 1. The summed E-state index contributed by atoms with van der Waals surface area (Å²) >= 11 is 0. The van der Waals surface area contributed by atoms with E-state index in [2.05, 4.69) is 5.32 Å². The average Bonchev–Trinajstić information content (AvgIpc) is 3.63. The van der Waals surface area contributed by atoms with Crippen LogP contribution in [0.3, 0.4) is 0 Å². The fourth-order valence-corrected chi connectivity index (χ4v) is 4.91. The summed E-state index contributed by atoms with van der Waals surface area (Å²) in [4.78, 5) is 29.4. The quantitative estimate of drug-likeness (QED) is 0.466. The number of ether oxygens (including phenoxy) is 4. The van der Waals surface area contributed by atoms with Gasteiger partial charge in [-0.15, -0.1) is 0 Å². The molecule has 1 saturated carbocycles. The standard InChI is InChI=1S/C28H30N2O7/c1-33-21-12-10-18(15-24(21)34-2)26(27(31)29-19-7-4-3-5-8-19)30(28(32)23-9-6-14-35-23)20-11-13-22-25(16-20)37-17-36-22/h6,9-16,19,26H,3-5,7-8,17H2,1-2H3,(H,29,31)/t26-/m1/s1. The van der Waals surface area contributed by atoms with Crippen LogP contribution in [-0.2, 0) is 4.79 Å². The van der Waals surface area contributed by atoms with E-state index >= 15 is 0 Å². The molecule has 2 amide bonds. The predicted molar refractivity (Wildman–Crippen MR) is 135 cm³/mol. The number of methoxy groups -OCH3 is 2. The van der Waals surface area contributed by atoms with E-state index in [1.807, 2.05) is 0 Å². The molecule has 2 heterocycles. The topological polar surface area (TPSA) is 99.5 Å². The van der Waals surface area contributed by atoms with E-state index in [4.69, 9.17) is 23.4 Å². The monoisotopic (exact) mass is 506 g/mol. The molecule has 1 atom stereocenters. The number of benzene rings is 2. The molecule has 1 N–H and O–H groups in total. The Hall–Kier alpha value is -4.14. The van der Waals surface area contributed by atoms with Crippen LogP contribution >= 0.6 is 0 Å². The van der Waals surface area contributed by atoms with Crippen molar-refractivity contribution >= 4 is 17.5 Å². The number of carbonyl (C=O) groups is 2. The molecule has 1 aliphatic heterocycles. The normalized spacial score (nSPS) is 15.6. The molecule has 1 aromatic heterocycles. The van der Waals surface area contributed by atoms with E-state index in [1.54, 1.807) is 55.6 Å². The first-order valence-electron chi connectivity index (χ1n) is 12.4. The first-order valence-corrected chi connectivity index (χ1v) is 12.4. The molecule has 2 aromatic carbocycles. The minimum Gasteiger partial charge on any atom is -0.493 e. The number of hydrogen-bond donors (Lipinski definition) is 1. The Bertz CT molecular complexity index is 1250. The molecule has 9 nitrogen and oxygen atoms in total. The maximum Gasteiger partial charge on any atom is 0.294 e. The van der Waals surface area contributed by atoms with Crippen LogP contribution in [0.2, 0.25) is 0 Å². The first kappa shape index (κ1) is 24.5. The lowest BCUT2D eigenvalue weighted by Crippen LogP contribution is -2.47. The Kier molecular flexibility index (Phi) is 7.20. The molecular weight excluding hydrogens is 476 g/mol. The van der Waals surface area contributed by atoms with Gasteiger partial charge in [-0.1, -0.05) is 25.3 Å². The second-order valence-electron chi connectivity index (χ2n) is 9.05. The Labute approximate surface area is 215 Å². The van der Waals surface area contributed by atoms with E-state index in [9.17, 15) is 9.59 Å². The van der Waals surface area contributed by atoms with Gasteiger partial charge < -0.3 is 28.7 Å². The van der Waals surface area contributed by atoms with Crippen LogP contribution in [0.4, 0.5) is 5.69 Å². The molecule has 0 bridgehead atoms. The Morgan fingerprint density at radius 1 is 0.946 bits per heavy atom. The molecule has 0 spiro atoms. The summed E-state index contributed by atoms with van der Waals surface area (Å²) < 4.78 is 27.4. The zero-order chi connectivity index (χ0) is 25.8. The summed E-state index contributed by atoms with van der Waals surface area (Å²) in [7, 11) is 3.08. The fourth-order valence-electron chi connectivity index (χ4n) is 4.91. The summed E-state index contributed by atoms with van der Waals surface area (Å²) in [5.41, 5.74) is 1.02. The number of anilines is 1. The molecule has 0 unspecified atom stereocenters. The summed E-state index contributed by atoms with van der Waals surface area (Å²) in [6.45, 7) is 0.0895. The van der Waals surface area contributed by atoms with Crippen molar-refractivity contribution < 1.29 is 33.0 Å². The van der Waals surface area contributed by atoms with Crippen molar-refractivity contribution in [3.8, 4) is 23.0 Å². The summed E-state index contributed by atoms with van der Waals surface area (Å²) in [5.74, 6) is 1.38. The maximum atomic E-state index is 14.0. The summed E-state index contributed by atoms with van der Waals surface area (Å²) in [6.07, 6.45) is 6.51. The molecule has 9 heteroatoms. The number of nitrogens with one attached hydrogen (secondary N) is 1. The fraction of sp³-hybridized carbons (Fsp3) is 0.357. The van der Waals surface area contributed by atoms with Gasteiger partial charge in [-0.2, -0.15) is 0 Å². The third kappa shape index (κ3) is 5.07. The number of rotatable bonds is 8. The third-order valence-corrected chi connectivity index (χ3v) is 6.77. The van der Waals surface area contributed by atoms with Crippen LogP contribution in [0.15, 0.2) is 59.2 Å². The zero-order valence-corrected chi connectivity index (χ0v) is 20.9. The van der Waals surface area contributed by atoms with Crippen LogP contribution in [0, 0.1) is 0 Å². The third-order valence-electron chi connectivity index (χ3n) is 6.77. The van der Waals surface area contributed by atoms with Crippen LogP contribution in [-0.4, -0.2) is 38.9 Å². The van der Waals surface area contributed by atoms with Crippen molar-refractivity contribution in [1.29, 1.82) is 0 Å². The predicted octanol–water partition coefficient (Wildman–Crippen LogP) is 4.86. The van der Waals surface area contributed by atoms with Gasteiger partial charge in [-0.25, -0.2) is 0 Å². The highest BCUT2D eigenvalue weighted by atomic mass is 16.7. The highest BCUT2D eigenvalue weighted by molar-refractivity contribution is 6.09. The maximum absolute atomic E-state index is 14.0. The minimum atomic E-state index is -1.03. The van der Waals surface area contributed by atoms with Crippen molar-refractivity contribution in [3.05, 3.63) is 66.1 Å². The number of nitrogens with zero attached hydrogens (tertiary/aromatic N) is 1. The highest BCUT2D eigenvalue weighted by Gasteiger charge is 2.37. The Morgan fingerprint density at radius 2 is 1.73 bits per heavy atom. The second-order valence-corrected chi connectivity index (χ2v) is 9.05. The SMILES string of the molecule is COc1ccc([C@H](C(=O)NC2CCCCC2)N(C(=O)c2ccco2)c2ccc3c(c2)OCO3)cc1OC. The van der Waals surface area contributed by atoms with Gasteiger partial charge in [-0.05, 0) is 54.8 Å². The summed E-state index contributed by atoms with van der Waals surface area (Å²) in [6, 6.07) is 12.6. The molecule has 0 saturated heterocycles. The molecule has 37 heavy (non-hydrogen) atoms. The van der Waals surface area contributed by atoms with Gasteiger partial charge in [0, 0.05) is 17.8 Å². The Morgan fingerprint density at radius 3 is 2.46 bits per heavy atom. The van der Waals surface area contributed by atoms with Crippen molar-refractivity contribution in [1.82, 2.24) is 5.32 Å². The van der Waals surface area contributed by atoms with Gasteiger partial charge in [0.1, 0.15) is 6.04 Å². The van der Waals surface area contributed by atoms with Gasteiger partial charge >= 0.3 is 0 Å². The van der Waals surface area contributed by atoms with E-state index < -0.39 is 11.9 Å². The smallest absolute Gasteiger partial charge is 0.294 e. The molecule has 5 rings (SSSR count). The van der Waals surface area contributed by atoms with E-state index in [1.165, 1.54) is 18.3 Å². The van der Waals surface area contributed by atoms with Crippen molar-refractivity contribution in [2.75, 3.05) is 25.9 Å². The van der Waals surface area contributed by atoms with Gasteiger partial charge in [0.05, 0.1) is 20.5 Å². The number of carbonyl (C=O) groups excluding carboxylic acids is 2. The van der Waals surface area contributed by atoms with Crippen LogP contribution < -0.4 is 29.2 Å². The zero-order valence-electron chi connectivity index (χ0n) is 20.9. The van der Waals surface area contributed by atoms with Gasteiger partial charge in [0.2, 0.25) is 12.7 Å².